The largest absolute Gasteiger partial charge is 0.352 e. The number of carbonyl (C=O) groups is 1. The first-order valence-corrected chi connectivity index (χ1v) is 8.33. The molecule has 21 heavy (non-hydrogen) atoms. The maximum Gasteiger partial charge on any atom is 0.220 e. The SMILES string of the molecule is CC(C)(C)C(CCN)CCC(=O)NCc1ccc(Br)cc1. The van der Waals surface area contributed by atoms with Gasteiger partial charge in [-0.25, -0.2) is 0 Å². The molecule has 0 fully saturated rings. The van der Waals surface area contributed by atoms with E-state index < -0.39 is 0 Å². The molecule has 118 valence electrons. The van der Waals surface area contributed by atoms with Crippen molar-refractivity contribution in [2.75, 3.05) is 6.54 Å². The average molecular weight is 355 g/mol. The quantitative estimate of drug-likeness (QED) is 0.780. The summed E-state index contributed by atoms with van der Waals surface area (Å²) in [5.74, 6) is 0.602. The van der Waals surface area contributed by atoms with Crippen molar-refractivity contribution in [2.24, 2.45) is 17.1 Å². The molecule has 0 saturated heterocycles. The lowest BCUT2D eigenvalue weighted by molar-refractivity contribution is -0.121. The van der Waals surface area contributed by atoms with E-state index in [1.54, 1.807) is 0 Å². The van der Waals surface area contributed by atoms with Crippen LogP contribution in [0.5, 0.6) is 0 Å². The molecule has 0 spiro atoms. The Kier molecular flexibility index (Phi) is 7.40. The first-order chi connectivity index (χ1) is 9.82. The number of hydrogen-bond acceptors (Lipinski definition) is 2. The average Bonchev–Trinajstić information content (AvgIpc) is 2.41. The van der Waals surface area contributed by atoms with Crippen molar-refractivity contribution in [1.82, 2.24) is 5.32 Å². The molecule has 1 unspecified atom stereocenters. The molecule has 0 radical (unpaired) electrons. The molecule has 1 aromatic rings. The van der Waals surface area contributed by atoms with E-state index in [2.05, 4.69) is 42.0 Å². The number of nitrogens with one attached hydrogen (secondary N) is 1. The molecular formula is C17H27BrN2O. The van der Waals surface area contributed by atoms with Crippen LogP contribution in [0.2, 0.25) is 0 Å². The Morgan fingerprint density at radius 3 is 2.38 bits per heavy atom. The summed E-state index contributed by atoms with van der Waals surface area (Å²) in [6.07, 6.45) is 2.44. The Hall–Kier alpha value is -0.870. The highest BCUT2D eigenvalue weighted by atomic mass is 79.9. The predicted molar refractivity (Wildman–Crippen MR) is 91.8 cm³/mol. The topological polar surface area (TPSA) is 55.1 Å². The third-order valence-electron chi connectivity index (χ3n) is 3.86. The van der Waals surface area contributed by atoms with Gasteiger partial charge in [-0.05, 0) is 48.4 Å². The summed E-state index contributed by atoms with van der Waals surface area (Å²) >= 11 is 3.40. The number of hydrogen-bond donors (Lipinski definition) is 2. The van der Waals surface area contributed by atoms with E-state index in [0.717, 1.165) is 22.9 Å². The van der Waals surface area contributed by atoms with Crippen LogP contribution >= 0.6 is 15.9 Å². The lowest BCUT2D eigenvalue weighted by Crippen LogP contribution is -2.27. The second kappa shape index (κ2) is 8.54. The Labute approximate surface area is 136 Å². The van der Waals surface area contributed by atoms with Gasteiger partial charge in [-0.1, -0.05) is 48.8 Å². The van der Waals surface area contributed by atoms with Gasteiger partial charge < -0.3 is 11.1 Å². The number of benzene rings is 1. The summed E-state index contributed by atoms with van der Waals surface area (Å²) in [7, 11) is 0. The van der Waals surface area contributed by atoms with Gasteiger partial charge in [0.05, 0.1) is 0 Å². The van der Waals surface area contributed by atoms with Gasteiger partial charge in [-0.2, -0.15) is 0 Å². The van der Waals surface area contributed by atoms with Crippen molar-refractivity contribution in [3.8, 4) is 0 Å². The molecule has 0 aromatic heterocycles. The zero-order chi connectivity index (χ0) is 15.9. The van der Waals surface area contributed by atoms with Crippen molar-refractivity contribution >= 4 is 21.8 Å². The van der Waals surface area contributed by atoms with Crippen LogP contribution in [0.4, 0.5) is 0 Å². The van der Waals surface area contributed by atoms with E-state index >= 15 is 0 Å². The van der Waals surface area contributed by atoms with Crippen molar-refractivity contribution in [2.45, 2.75) is 46.6 Å². The number of halogens is 1. The van der Waals surface area contributed by atoms with Crippen molar-refractivity contribution in [3.63, 3.8) is 0 Å². The van der Waals surface area contributed by atoms with Crippen LogP contribution in [0, 0.1) is 11.3 Å². The lowest BCUT2D eigenvalue weighted by Gasteiger charge is -2.30. The van der Waals surface area contributed by atoms with Crippen molar-refractivity contribution < 1.29 is 4.79 Å². The summed E-state index contributed by atoms with van der Waals surface area (Å²) in [6.45, 7) is 7.92. The van der Waals surface area contributed by atoms with Gasteiger partial charge in [-0.3, -0.25) is 4.79 Å². The Bertz CT molecular complexity index is 437. The molecule has 0 bridgehead atoms. The zero-order valence-corrected chi connectivity index (χ0v) is 14.9. The molecule has 1 aromatic carbocycles. The highest BCUT2D eigenvalue weighted by Gasteiger charge is 2.24. The van der Waals surface area contributed by atoms with Crippen LogP contribution in [-0.4, -0.2) is 12.5 Å². The van der Waals surface area contributed by atoms with Crippen LogP contribution in [0.3, 0.4) is 0 Å². The van der Waals surface area contributed by atoms with Crippen LogP contribution in [0.1, 0.15) is 45.6 Å². The molecule has 4 heteroatoms. The van der Waals surface area contributed by atoms with Crippen LogP contribution < -0.4 is 11.1 Å². The maximum absolute atomic E-state index is 12.0. The molecule has 1 amide bonds. The second-order valence-electron chi connectivity index (χ2n) is 6.58. The van der Waals surface area contributed by atoms with Gasteiger partial charge >= 0.3 is 0 Å². The molecular weight excluding hydrogens is 328 g/mol. The third kappa shape index (κ3) is 7.09. The van der Waals surface area contributed by atoms with Crippen LogP contribution in [0.15, 0.2) is 28.7 Å². The normalized spacial score (nSPS) is 13.0. The van der Waals surface area contributed by atoms with Crippen LogP contribution in [0.25, 0.3) is 0 Å². The molecule has 0 aliphatic carbocycles. The highest BCUT2D eigenvalue weighted by Crippen LogP contribution is 2.31. The number of rotatable bonds is 7. The highest BCUT2D eigenvalue weighted by molar-refractivity contribution is 9.10. The molecule has 0 aliphatic heterocycles. The summed E-state index contributed by atoms with van der Waals surface area (Å²) in [4.78, 5) is 12.0. The van der Waals surface area contributed by atoms with Gasteiger partial charge in [0.25, 0.3) is 0 Å². The van der Waals surface area contributed by atoms with E-state index in [-0.39, 0.29) is 11.3 Å². The molecule has 1 atom stereocenters. The second-order valence-corrected chi connectivity index (χ2v) is 7.50. The summed E-state index contributed by atoms with van der Waals surface area (Å²) in [5.41, 5.74) is 6.99. The van der Waals surface area contributed by atoms with Gasteiger partial charge in [0, 0.05) is 17.4 Å². The Morgan fingerprint density at radius 1 is 1.24 bits per heavy atom. The van der Waals surface area contributed by atoms with E-state index in [1.165, 1.54) is 0 Å². The summed E-state index contributed by atoms with van der Waals surface area (Å²) in [6, 6.07) is 7.99. The van der Waals surface area contributed by atoms with E-state index in [1.807, 2.05) is 24.3 Å². The number of carbonyl (C=O) groups excluding carboxylic acids is 1. The van der Waals surface area contributed by atoms with Gasteiger partial charge in [-0.15, -0.1) is 0 Å². The number of amides is 1. The molecule has 0 saturated carbocycles. The monoisotopic (exact) mass is 354 g/mol. The lowest BCUT2D eigenvalue weighted by atomic mass is 9.76. The van der Waals surface area contributed by atoms with Crippen molar-refractivity contribution in [1.29, 1.82) is 0 Å². The summed E-state index contributed by atoms with van der Waals surface area (Å²) in [5, 5.41) is 2.98. The van der Waals surface area contributed by atoms with Gasteiger partial charge in [0.15, 0.2) is 0 Å². The minimum absolute atomic E-state index is 0.115. The maximum atomic E-state index is 12.0. The fourth-order valence-corrected chi connectivity index (χ4v) is 2.67. The Morgan fingerprint density at radius 2 is 1.86 bits per heavy atom. The molecule has 3 nitrogen and oxygen atoms in total. The van der Waals surface area contributed by atoms with Crippen LogP contribution in [-0.2, 0) is 11.3 Å². The predicted octanol–water partition coefficient (Wildman–Crippen LogP) is 3.86. The van der Waals surface area contributed by atoms with Gasteiger partial charge in [0.2, 0.25) is 5.91 Å². The Balaban J connectivity index is 2.37. The zero-order valence-electron chi connectivity index (χ0n) is 13.3. The molecule has 1 rings (SSSR count). The standard InChI is InChI=1S/C17H27BrN2O/c1-17(2,3)14(10-11-19)6-9-16(21)20-12-13-4-7-15(18)8-5-13/h4-5,7-8,14H,6,9-12,19H2,1-3H3,(H,20,21). The minimum atomic E-state index is 0.115. The molecule has 3 N–H and O–H groups in total. The smallest absolute Gasteiger partial charge is 0.220 e. The van der Waals surface area contributed by atoms with E-state index in [0.29, 0.717) is 25.4 Å². The van der Waals surface area contributed by atoms with E-state index in [9.17, 15) is 4.79 Å². The first kappa shape index (κ1) is 18.2. The molecule has 0 aliphatic rings. The minimum Gasteiger partial charge on any atom is -0.352 e. The molecule has 0 heterocycles. The third-order valence-corrected chi connectivity index (χ3v) is 4.39. The number of nitrogens with two attached hydrogens (primary N) is 1. The first-order valence-electron chi connectivity index (χ1n) is 7.54. The van der Waals surface area contributed by atoms with Crippen molar-refractivity contribution in [3.05, 3.63) is 34.3 Å². The fourth-order valence-electron chi connectivity index (χ4n) is 2.41. The van der Waals surface area contributed by atoms with Gasteiger partial charge in [0.1, 0.15) is 0 Å². The summed E-state index contributed by atoms with van der Waals surface area (Å²) < 4.78 is 1.05. The van der Waals surface area contributed by atoms with E-state index in [4.69, 9.17) is 5.73 Å². The fraction of sp³-hybridized carbons (Fsp3) is 0.588.